The molecule has 9 nitrogen and oxygen atoms in total. The van der Waals surface area contributed by atoms with Crippen LogP contribution in [0, 0.1) is 5.92 Å². The Hall–Kier alpha value is -5.15. The van der Waals surface area contributed by atoms with Gasteiger partial charge in [-0.05, 0) is 127 Å². The average molecular weight is 738 g/mol. The summed E-state index contributed by atoms with van der Waals surface area (Å²) in [4.78, 5) is 46.4. The Labute approximate surface area is 323 Å². The van der Waals surface area contributed by atoms with Gasteiger partial charge in [-0.3, -0.25) is 24.6 Å². The molecule has 55 heavy (non-hydrogen) atoms. The van der Waals surface area contributed by atoms with Gasteiger partial charge in [0.15, 0.2) is 0 Å². The summed E-state index contributed by atoms with van der Waals surface area (Å²) in [6.07, 6.45) is 6.39. The number of nitrogens with zero attached hydrogens (tertiary/aromatic N) is 4. The molecule has 2 unspecified atom stereocenters. The van der Waals surface area contributed by atoms with Crippen molar-refractivity contribution >= 4 is 29.1 Å². The second kappa shape index (κ2) is 15.2. The molecule has 2 N–H and O–H groups in total. The van der Waals surface area contributed by atoms with Gasteiger partial charge in [0.05, 0.1) is 0 Å². The highest BCUT2D eigenvalue weighted by Crippen LogP contribution is 2.47. The number of phenols is 1. The molecule has 3 fully saturated rings. The van der Waals surface area contributed by atoms with Gasteiger partial charge in [0, 0.05) is 75.1 Å². The van der Waals surface area contributed by atoms with Crippen molar-refractivity contribution in [2.24, 2.45) is 5.92 Å². The van der Waals surface area contributed by atoms with E-state index in [4.69, 9.17) is 0 Å². The fourth-order valence-electron chi connectivity index (χ4n) is 10.0. The Morgan fingerprint density at radius 3 is 2.18 bits per heavy atom. The number of hydrogen-bond acceptors (Lipinski definition) is 7. The van der Waals surface area contributed by atoms with Crippen LogP contribution < -0.4 is 15.1 Å². The molecule has 3 saturated heterocycles. The van der Waals surface area contributed by atoms with Gasteiger partial charge in [-0.2, -0.15) is 0 Å². The summed E-state index contributed by atoms with van der Waals surface area (Å²) in [5.74, 6) is 1.03. The standard InChI is InChI=1S/C46H51N5O4/c52-38-12-15-40-34(29-38)8-13-39(32-4-2-1-3-5-32)44(40)33-6-9-36(10-7-33)49-22-19-31(20-23-49)18-21-48-24-26-50(27-25-48)37-11-14-41-35(28-37)30-51(46(41)55)42-16-17-43(53)47-45(42)54/h1-7,9-12,14-15,28-29,31,39,42,44,52H,8,13,16-27,30H2,(H,47,53,54)/t39?,42?,44-/m0/s1. The number of amides is 3. The molecule has 4 heterocycles. The van der Waals surface area contributed by atoms with E-state index in [9.17, 15) is 19.5 Å². The number of aryl methyl sites for hydroxylation is 1. The number of anilines is 2. The molecule has 9 rings (SSSR count). The summed E-state index contributed by atoms with van der Waals surface area (Å²) in [6.45, 7) is 7.71. The molecule has 4 aliphatic heterocycles. The lowest BCUT2D eigenvalue weighted by Crippen LogP contribution is -2.52. The first kappa shape index (κ1) is 35.5. The van der Waals surface area contributed by atoms with Crippen LogP contribution in [0.3, 0.4) is 0 Å². The van der Waals surface area contributed by atoms with Crippen LogP contribution in [-0.2, 0) is 22.6 Å². The third-order valence-electron chi connectivity index (χ3n) is 13.1. The third-order valence-corrected chi connectivity index (χ3v) is 13.1. The molecular weight excluding hydrogens is 687 g/mol. The number of phenolic OH excluding ortho intramolecular Hbond substituents is 1. The second-order valence-corrected chi connectivity index (χ2v) is 16.3. The molecule has 0 aromatic heterocycles. The van der Waals surface area contributed by atoms with Crippen LogP contribution in [-0.4, -0.2) is 84.5 Å². The molecule has 3 atom stereocenters. The van der Waals surface area contributed by atoms with Gasteiger partial charge in [0.25, 0.3) is 5.91 Å². The maximum absolute atomic E-state index is 13.1. The highest BCUT2D eigenvalue weighted by atomic mass is 16.3. The number of fused-ring (bicyclic) bond motifs is 2. The summed E-state index contributed by atoms with van der Waals surface area (Å²) in [5.41, 5.74) is 9.43. The lowest BCUT2D eigenvalue weighted by Gasteiger charge is -2.38. The van der Waals surface area contributed by atoms with Gasteiger partial charge in [0.1, 0.15) is 11.8 Å². The molecule has 4 aromatic rings. The summed E-state index contributed by atoms with van der Waals surface area (Å²) in [7, 11) is 0. The zero-order valence-corrected chi connectivity index (χ0v) is 31.5. The van der Waals surface area contributed by atoms with Crippen LogP contribution in [0.25, 0.3) is 0 Å². The van der Waals surface area contributed by atoms with Crippen molar-refractivity contribution in [1.29, 1.82) is 0 Å². The third kappa shape index (κ3) is 7.22. The van der Waals surface area contributed by atoms with E-state index in [1.807, 2.05) is 24.3 Å². The average Bonchev–Trinajstić information content (AvgIpc) is 3.55. The van der Waals surface area contributed by atoms with E-state index in [1.54, 1.807) is 4.90 Å². The molecule has 0 spiro atoms. The first-order valence-electron chi connectivity index (χ1n) is 20.3. The van der Waals surface area contributed by atoms with Crippen molar-refractivity contribution in [3.05, 3.63) is 124 Å². The molecule has 284 valence electrons. The number of rotatable bonds is 8. The summed E-state index contributed by atoms with van der Waals surface area (Å²) < 4.78 is 0. The highest BCUT2D eigenvalue weighted by Gasteiger charge is 2.39. The number of piperazine rings is 1. The minimum absolute atomic E-state index is 0.119. The molecule has 0 bridgehead atoms. The van der Waals surface area contributed by atoms with Crippen molar-refractivity contribution in [1.82, 2.24) is 15.1 Å². The summed E-state index contributed by atoms with van der Waals surface area (Å²) >= 11 is 0. The van der Waals surface area contributed by atoms with Gasteiger partial charge >= 0.3 is 0 Å². The van der Waals surface area contributed by atoms with E-state index in [0.29, 0.717) is 30.2 Å². The van der Waals surface area contributed by atoms with Crippen LogP contribution in [0.2, 0.25) is 0 Å². The number of carbonyl (C=O) groups excluding carboxylic acids is 3. The van der Waals surface area contributed by atoms with E-state index in [1.165, 1.54) is 47.2 Å². The van der Waals surface area contributed by atoms with Gasteiger partial charge in [0.2, 0.25) is 11.8 Å². The highest BCUT2D eigenvalue weighted by molar-refractivity contribution is 6.05. The Bertz CT molecular complexity index is 2050. The zero-order chi connectivity index (χ0) is 37.5. The monoisotopic (exact) mass is 737 g/mol. The molecule has 9 heteroatoms. The normalized spacial score (nSPS) is 23.5. The van der Waals surface area contributed by atoms with Gasteiger partial charge in [-0.15, -0.1) is 0 Å². The number of benzene rings is 4. The topological polar surface area (TPSA) is 96.4 Å². The molecular formula is C46H51N5O4. The molecule has 3 amide bonds. The van der Waals surface area contributed by atoms with Crippen LogP contribution in [0.15, 0.2) is 91.0 Å². The minimum Gasteiger partial charge on any atom is -0.508 e. The SMILES string of the molecule is O=C1CCC(N2Cc3cc(N4CCN(CCC5CCN(c6ccc([C@@H]7c8ccc(O)cc8CCC7c7ccccc7)cc6)CC5)CC4)ccc3C2=O)C(=O)N1. The lowest BCUT2D eigenvalue weighted by molar-refractivity contribution is -0.136. The summed E-state index contributed by atoms with van der Waals surface area (Å²) in [6, 6.07) is 31.7. The first-order chi connectivity index (χ1) is 26.9. The molecule has 0 saturated carbocycles. The number of nitrogens with one attached hydrogen (secondary N) is 1. The lowest BCUT2D eigenvalue weighted by atomic mass is 9.69. The fourth-order valence-corrected chi connectivity index (χ4v) is 10.0. The van der Waals surface area contributed by atoms with Crippen LogP contribution in [0.5, 0.6) is 5.75 Å². The first-order valence-corrected chi connectivity index (χ1v) is 20.3. The van der Waals surface area contributed by atoms with Crippen LogP contribution in [0.1, 0.15) is 88.5 Å². The Kier molecular flexibility index (Phi) is 9.81. The van der Waals surface area contributed by atoms with E-state index >= 15 is 0 Å². The summed E-state index contributed by atoms with van der Waals surface area (Å²) in [5, 5.41) is 12.6. The van der Waals surface area contributed by atoms with Gasteiger partial charge < -0.3 is 19.8 Å². The molecule has 4 aromatic carbocycles. The number of aromatic hydroxyl groups is 1. The van der Waals surface area contributed by atoms with E-state index < -0.39 is 6.04 Å². The number of piperidine rings is 2. The van der Waals surface area contributed by atoms with Gasteiger partial charge in [-0.1, -0.05) is 48.5 Å². The largest absolute Gasteiger partial charge is 0.508 e. The predicted octanol–water partition coefficient (Wildman–Crippen LogP) is 6.44. The Balaban J connectivity index is 0.756. The van der Waals surface area contributed by atoms with Crippen molar-refractivity contribution in [2.45, 2.75) is 69.4 Å². The fraction of sp³-hybridized carbons (Fsp3) is 0.413. The van der Waals surface area contributed by atoms with Crippen LogP contribution in [0.4, 0.5) is 11.4 Å². The van der Waals surface area contributed by atoms with Gasteiger partial charge in [-0.25, -0.2) is 0 Å². The molecule has 0 radical (unpaired) electrons. The van der Waals surface area contributed by atoms with E-state index in [-0.39, 0.29) is 30.1 Å². The van der Waals surface area contributed by atoms with Crippen molar-refractivity contribution in [2.75, 3.05) is 55.6 Å². The smallest absolute Gasteiger partial charge is 0.255 e. The quantitative estimate of drug-likeness (QED) is 0.201. The Morgan fingerprint density at radius 2 is 1.42 bits per heavy atom. The second-order valence-electron chi connectivity index (χ2n) is 16.3. The maximum Gasteiger partial charge on any atom is 0.255 e. The zero-order valence-electron chi connectivity index (χ0n) is 31.5. The molecule has 1 aliphatic carbocycles. The van der Waals surface area contributed by atoms with Crippen molar-refractivity contribution < 1.29 is 19.5 Å². The predicted molar refractivity (Wildman–Crippen MR) is 215 cm³/mol. The number of imide groups is 1. The van der Waals surface area contributed by atoms with E-state index in [2.05, 4.69) is 86.7 Å². The van der Waals surface area contributed by atoms with Crippen LogP contribution >= 0.6 is 0 Å². The number of carbonyl (C=O) groups is 3. The van der Waals surface area contributed by atoms with Crippen molar-refractivity contribution in [3.63, 3.8) is 0 Å². The minimum atomic E-state index is -0.583. The van der Waals surface area contributed by atoms with E-state index in [0.717, 1.165) is 75.8 Å². The maximum atomic E-state index is 13.1. The number of hydrogen-bond donors (Lipinski definition) is 2. The van der Waals surface area contributed by atoms with Crippen molar-refractivity contribution in [3.8, 4) is 5.75 Å². The Morgan fingerprint density at radius 1 is 0.673 bits per heavy atom. The molecule has 5 aliphatic rings.